The van der Waals surface area contributed by atoms with Gasteiger partial charge < -0.3 is 10.8 Å². The van der Waals surface area contributed by atoms with Gasteiger partial charge in [0, 0.05) is 0 Å². The van der Waals surface area contributed by atoms with Crippen LogP contribution < -0.4 is 5.73 Å². The summed E-state index contributed by atoms with van der Waals surface area (Å²) in [6.07, 6.45) is 2.75. The number of benzene rings is 1. The number of rotatable bonds is 6. The van der Waals surface area contributed by atoms with Crippen LogP contribution in [0.25, 0.3) is 0 Å². The maximum absolute atomic E-state index is 11.1. The molecule has 0 aliphatic heterocycles. The van der Waals surface area contributed by atoms with E-state index in [1.54, 1.807) is 6.07 Å². The van der Waals surface area contributed by atoms with Crippen molar-refractivity contribution in [2.75, 3.05) is 0 Å². The Morgan fingerprint density at radius 3 is 2.59 bits per heavy atom. The van der Waals surface area contributed by atoms with Gasteiger partial charge in [-0.1, -0.05) is 25.5 Å². The molecule has 0 radical (unpaired) electrons. The van der Waals surface area contributed by atoms with Crippen LogP contribution in [0.2, 0.25) is 0 Å². The van der Waals surface area contributed by atoms with Crippen LogP contribution in [-0.4, -0.2) is 17.0 Å². The predicted molar refractivity (Wildman–Crippen MR) is 64.9 cm³/mol. The first-order valence-electron chi connectivity index (χ1n) is 5.68. The van der Waals surface area contributed by atoms with E-state index in [1.807, 2.05) is 6.07 Å². The molecule has 1 aromatic rings. The van der Waals surface area contributed by atoms with Crippen molar-refractivity contribution >= 4 is 11.9 Å². The Kier molecular flexibility index (Phi) is 4.69. The standard InChI is InChI=1S/C13H17NO3/c1-2-3-5-9-6-4-7-10(13(16)17)11(9)8-12(14)15/h4,6-7H,2-3,5,8H2,1H3,(H2,14,15)(H,16,17). The molecule has 0 saturated carbocycles. The van der Waals surface area contributed by atoms with Crippen molar-refractivity contribution in [1.29, 1.82) is 0 Å². The van der Waals surface area contributed by atoms with Crippen LogP contribution >= 0.6 is 0 Å². The highest BCUT2D eigenvalue weighted by atomic mass is 16.4. The van der Waals surface area contributed by atoms with Crippen molar-refractivity contribution in [3.63, 3.8) is 0 Å². The second kappa shape index (κ2) is 6.03. The van der Waals surface area contributed by atoms with E-state index in [0.29, 0.717) is 5.56 Å². The minimum absolute atomic E-state index is 0.0124. The summed E-state index contributed by atoms with van der Waals surface area (Å²) in [4.78, 5) is 22.1. The number of hydrogen-bond acceptors (Lipinski definition) is 2. The average molecular weight is 235 g/mol. The van der Waals surface area contributed by atoms with Gasteiger partial charge in [0.15, 0.2) is 0 Å². The van der Waals surface area contributed by atoms with E-state index in [0.717, 1.165) is 24.8 Å². The Bertz CT molecular complexity index is 427. The van der Waals surface area contributed by atoms with Gasteiger partial charge in [0.05, 0.1) is 12.0 Å². The molecular formula is C13H17NO3. The molecule has 0 aromatic heterocycles. The fourth-order valence-electron chi connectivity index (χ4n) is 1.82. The first-order valence-corrected chi connectivity index (χ1v) is 5.68. The molecular weight excluding hydrogens is 218 g/mol. The minimum atomic E-state index is -1.01. The molecule has 17 heavy (non-hydrogen) atoms. The fraction of sp³-hybridized carbons (Fsp3) is 0.385. The Balaban J connectivity index is 3.14. The molecule has 0 saturated heterocycles. The number of unbranched alkanes of at least 4 members (excludes halogenated alkanes) is 1. The van der Waals surface area contributed by atoms with Gasteiger partial charge in [-0.05, 0) is 30.0 Å². The highest BCUT2D eigenvalue weighted by Gasteiger charge is 2.15. The third-order valence-corrected chi connectivity index (χ3v) is 2.65. The van der Waals surface area contributed by atoms with Crippen LogP contribution in [0.4, 0.5) is 0 Å². The zero-order valence-corrected chi connectivity index (χ0v) is 9.90. The van der Waals surface area contributed by atoms with E-state index in [-0.39, 0.29) is 12.0 Å². The summed E-state index contributed by atoms with van der Waals surface area (Å²) in [6.45, 7) is 2.06. The van der Waals surface area contributed by atoms with Crippen molar-refractivity contribution in [3.8, 4) is 0 Å². The summed E-state index contributed by atoms with van der Waals surface area (Å²) in [5.41, 5.74) is 6.80. The summed E-state index contributed by atoms with van der Waals surface area (Å²) in [5, 5.41) is 9.08. The summed E-state index contributed by atoms with van der Waals surface area (Å²) < 4.78 is 0. The average Bonchev–Trinajstić information content (AvgIpc) is 2.26. The predicted octanol–water partition coefficient (Wildman–Crippen LogP) is 1.76. The van der Waals surface area contributed by atoms with E-state index >= 15 is 0 Å². The molecule has 1 rings (SSSR count). The van der Waals surface area contributed by atoms with Crippen molar-refractivity contribution in [2.24, 2.45) is 5.73 Å². The molecule has 0 spiro atoms. The van der Waals surface area contributed by atoms with Crippen molar-refractivity contribution in [2.45, 2.75) is 32.6 Å². The van der Waals surface area contributed by atoms with E-state index in [4.69, 9.17) is 10.8 Å². The monoisotopic (exact) mass is 235 g/mol. The van der Waals surface area contributed by atoms with Crippen molar-refractivity contribution < 1.29 is 14.7 Å². The van der Waals surface area contributed by atoms with Crippen LogP contribution in [0.5, 0.6) is 0 Å². The highest BCUT2D eigenvalue weighted by Crippen LogP contribution is 2.18. The van der Waals surface area contributed by atoms with E-state index < -0.39 is 11.9 Å². The number of aryl methyl sites for hydroxylation is 1. The number of primary amides is 1. The number of hydrogen-bond donors (Lipinski definition) is 2. The molecule has 1 amide bonds. The number of aromatic carboxylic acids is 1. The highest BCUT2D eigenvalue weighted by molar-refractivity contribution is 5.92. The van der Waals surface area contributed by atoms with E-state index in [2.05, 4.69) is 6.92 Å². The Morgan fingerprint density at radius 2 is 2.06 bits per heavy atom. The second-order valence-electron chi connectivity index (χ2n) is 4.00. The van der Waals surface area contributed by atoms with Gasteiger partial charge in [0.2, 0.25) is 5.91 Å². The van der Waals surface area contributed by atoms with E-state index in [1.165, 1.54) is 6.07 Å². The Hall–Kier alpha value is -1.84. The molecule has 0 unspecified atom stereocenters. The first-order chi connectivity index (χ1) is 8.06. The summed E-state index contributed by atoms with van der Waals surface area (Å²) in [7, 11) is 0. The van der Waals surface area contributed by atoms with Crippen LogP contribution in [0.3, 0.4) is 0 Å². The summed E-state index contributed by atoms with van der Waals surface area (Å²) in [6, 6.07) is 5.08. The molecule has 0 bridgehead atoms. The molecule has 4 nitrogen and oxygen atoms in total. The lowest BCUT2D eigenvalue weighted by Gasteiger charge is -2.10. The molecule has 4 heteroatoms. The Morgan fingerprint density at radius 1 is 1.35 bits per heavy atom. The molecule has 92 valence electrons. The third-order valence-electron chi connectivity index (χ3n) is 2.65. The van der Waals surface area contributed by atoms with Crippen LogP contribution in [-0.2, 0) is 17.6 Å². The second-order valence-corrected chi connectivity index (χ2v) is 4.00. The van der Waals surface area contributed by atoms with Gasteiger partial charge in [0.1, 0.15) is 0 Å². The number of amides is 1. The summed E-state index contributed by atoms with van der Waals surface area (Å²) in [5.74, 6) is -1.52. The zero-order valence-electron chi connectivity index (χ0n) is 9.90. The van der Waals surface area contributed by atoms with Crippen LogP contribution in [0, 0.1) is 0 Å². The smallest absolute Gasteiger partial charge is 0.335 e. The summed E-state index contributed by atoms with van der Waals surface area (Å²) >= 11 is 0. The largest absolute Gasteiger partial charge is 0.478 e. The van der Waals surface area contributed by atoms with Crippen molar-refractivity contribution in [1.82, 2.24) is 0 Å². The van der Waals surface area contributed by atoms with Gasteiger partial charge in [-0.3, -0.25) is 4.79 Å². The van der Waals surface area contributed by atoms with Crippen LogP contribution in [0.1, 0.15) is 41.3 Å². The van der Waals surface area contributed by atoms with Gasteiger partial charge in [-0.15, -0.1) is 0 Å². The number of carbonyl (C=O) groups is 2. The maximum Gasteiger partial charge on any atom is 0.335 e. The lowest BCUT2D eigenvalue weighted by Crippen LogP contribution is -2.17. The van der Waals surface area contributed by atoms with Gasteiger partial charge in [-0.25, -0.2) is 4.79 Å². The van der Waals surface area contributed by atoms with Crippen LogP contribution in [0.15, 0.2) is 18.2 Å². The number of carboxylic acids is 1. The number of carboxylic acid groups (broad SMARTS) is 1. The molecule has 0 atom stereocenters. The Labute approximate surface area is 100 Å². The molecule has 0 aliphatic rings. The molecule has 0 heterocycles. The topological polar surface area (TPSA) is 80.4 Å². The van der Waals surface area contributed by atoms with Gasteiger partial charge in [-0.2, -0.15) is 0 Å². The number of carbonyl (C=O) groups excluding carboxylic acids is 1. The third kappa shape index (κ3) is 3.59. The SMILES string of the molecule is CCCCc1cccc(C(=O)O)c1CC(N)=O. The number of nitrogens with two attached hydrogens (primary N) is 1. The van der Waals surface area contributed by atoms with Gasteiger partial charge in [0.25, 0.3) is 0 Å². The molecule has 1 aromatic carbocycles. The van der Waals surface area contributed by atoms with Crippen molar-refractivity contribution in [3.05, 3.63) is 34.9 Å². The van der Waals surface area contributed by atoms with Gasteiger partial charge >= 0.3 is 5.97 Å². The maximum atomic E-state index is 11.1. The first kappa shape index (κ1) is 13.2. The molecule has 0 aliphatic carbocycles. The molecule has 0 fully saturated rings. The quantitative estimate of drug-likeness (QED) is 0.788. The molecule has 3 N–H and O–H groups in total. The minimum Gasteiger partial charge on any atom is -0.478 e. The van der Waals surface area contributed by atoms with E-state index in [9.17, 15) is 9.59 Å². The fourth-order valence-corrected chi connectivity index (χ4v) is 1.82. The zero-order chi connectivity index (χ0) is 12.8. The lowest BCUT2D eigenvalue weighted by molar-refractivity contribution is -0.117. The normalized spacial score (nSPS) is 10.2. The lowest BCUT2D eigenvalue weighted by atomic mass is 9.94.